The van der Waals surface area contributed by atoms with E-state index in [2.05, 4.69) is 10.3 Å². The molecule has 0 radical (unpaired) electrons. The molecule has 0 fully saturated rings. The number of Topliss-reactive ketones (excluding diaryl/α,β-unsaturated/α-hetero) is 1. The van der Waals surface area contributed by atoms with E-state index in [1.807, 2.05) is 36.4 Å². The Morgan fingerprint density at radius 2 is 2.12 bits per heavy atom. The first kappa shape index (κ1) is 11.0. The van der Waals surface area contributed by atoms with Crippen LogP contribution in [0, 0.1) is 11.3 Å². The van der Waals surface area contributed by atoms with E-state index in [9.17, 15) is 4.79 Å². The third kappa shape index (κ3) is 2.06. The number of benzene rings is 1. The minimum atomic E-state index is -0.159. The molecule has 2 aromatic rings. The van der Waals surface area contributed by atoms with E-state index in [1.54, 1.807) is 0 Å². The molecule has 17 heavy (non-hydrogen) atoms. The zero-order valence-corrected chi connectivity index (χ0v) is 9.29. The summed E-state index contributed by atoms with van der Waals surface area (Å²) in [6.45, 7) is 1.51. The number of aromatic nitrogens is 3. The zero-order valence-electron chi connectivity index (χ0n) is 9.29. The van der Waals surface area contributed by atoms with Crippen LogP contribution in [-0.4, -0.2) is 20.8 Å². The van der Waals surface area contributed by atoms with Crippen LogP contribution in [0.5, 0.6) is 0 Å². The second-order valence-corrected chi connectivity index (χ2v) is 3.52. The maximum Gasteiger partial charge on any atom is 0.182 e. The van der Waals surface area contributed by atoms with Gasteiger partial charge in [-0.3, -0.25) is 4.79 Å². The van der Waals surface area contributed by atoms with Crippen molar-refractivity contribution in [2.24, 2.45) is 0 Å². The first-order valence-electron chi connectivity index (χ1n) is 5.11. The maximum atomic E-state index is 11.5. The SMILES string of the molecule is CC(=O)c1nnn(CC#N)c1-c1ccccc1. The second-order valence-electron chi connectivity index (χ2n) is 3.52. The van der Waals surface area contributed by atoms with Gasteiger partial charge in [-0.2, -0.15) is 5.26 Å². The number of carbonyl (C=O) groups is 1. The Labute approximate surface area is 98.3 Å². The Morgan fingerprint density at radius 1 is 1.41 bits per heavy atom. The smallest absolute Gasteiger partial charge is 0.182 e. The molecular formula is C12H10N4O. The van der Waals surface area contributed by atoms with Crippen LogP contribution in [-0.2, 0) is 6.54 Å². The number of hydrogen-bond acceptors (Lipinski definition) is 4. The standard InChI is InChI=1S/C12H10N4O/c1-9(17)11-12(10-5-3-2-4-6-10)16(8-7-13)15-14-11/h2-6H,8H2,1H3. The summed E-state index contributed by atoms with van der Waals surface area (Å²) in [4.78, 5) is 11.5. The van der Waals surface area contributed by atoms with Gasteiger partial charge in [0.2, 0.25) is 0 Å². The molecule has 0 aliphatic carbocycles. The number of nitrogens with zero attached hydrogens (tertiary/aromatic N) is 4. The average molecular weight is 226 g/mol. The summed E-state index contributed by atoms with van der Waals surface area (Å²) >= 11 is 0. The highest BCUT2D eigenvalue weighted by atomic mass is 16.1. The molecule has 0 aliphatic rings. The third-order valence-electron chi connectivity index (χ3n) is 2.34. The van der Waals surface area contributed by atoms with Gasteiger partial charge < -0.3 is 0 Å². The van der Waals surface area contributed by atoms with E-state index in [1.165, 1.54) is 11.6 Å². The van der Waals surface area contributed by atoms with E-state index < -0.39 is 0 Å². The van der Waals surface area contributed by atoms with E-state index >= 15 is 0 Å². The van der Waals surface area contributed by atoms with Crippen LogP contribution in [0.2, 0.25) is 0 Å². The van der Waals surface area contributed by atoms with E-state index in [0.717, 1.165) is 5.56 Å². The topological polar surface area (TPSA) is 71.6 Å². The molecule has 5 nitrogen and oxygen atoms in total. The highest BCUT2D eigenvalue weighted by Crippen LogP contribution is 2.22. The maximum absolute atomic E-state index is 11.5. The van der Waals surface area contributed by atoms with Crippen LogP contribution < -0.4 is 0 Å². The van der Waals surface area contributed by atoms with Gasteiger partial charge in [0.1, 0.15) is 12.2 Å². The van der Waals surface area contributed by atoms with Gasteiger partial charge in [-0.25, -0.2) is 4.68 Å². The van der Waals surface area contributed by atoms with Gasteiger partial charge in [0.15, 0.2) is 11.5 Å². The zero-order chi connectivity index (χ0) is 12.3. The molecule has 0 amide bonds. The van der Waals surface area contributed by atoms with Crippen LogP contribution >= 0.6 is 0 Å². The van der Waals surface area contributed by atoms with Crippen LogP contribution in [0.25, 0.3) is 11.3 Å². The summed E-state index contributed by atoms with van der Waals surface area (Å²) in [5.41, 5.74) is 1.73. The van der Waals surface area contributed by atoms with Gasteiger partial charge in [0.05, 0.1) is 6.07 Å². The number of nitriles is 1. The fourth-order valence-electron chi connectivity index (χ4n) is 1.61. The summed E-state index contributed by atoms with van der Waals surface area (Å²) < 4.78 is 1.44. The molecule has 0 spiro atoms. The first-order chi connectivity index (χ1) is 8.24. The normalized spacial score (nSPS) is 9.88. The molecule has 84 valence electrons. The molecule has 5 heteroatoms. The van der Waals surface area contributed by atoms with Gasteiger partial charge in [-0.05, 0) is 0 Å². The van der Waals surface area contributed by atoms with Gasteiger partial charge in [-0.15, -0.1) is 5.10 Å². The van der Waals surface area contributed by atoms with E-state index in [4.69, 9.17) is 5.26 Å². The van der Waals surface area contributed by atoms with Crippen molar-refractivity contribution in [1.82, 2.24) is 15.0 Å². The molecule has 0 saturated heterocycles. The lowest BCUT2D eigenvalue weighted by molar-refractivity contribution is 0.101. The van der Waals surface area contributed by atoms with Gasteiger partial charge >= 0.3 is 0 Å². The highest BCUT2D eigenvalue weighted by Gasteiger charge is 2.17. The lowest BCUT2D eigenvalue weighted by atomic mass is 10.1. The van der Waals surface area contributed by atoms with E-state index in [0.29, 0.717) is 11.4 Å². The van der Waals surface area contributed by atoms with Crippen LogP contribution in [0.4, 0.5) is 0 Å². The van der Waals surface area contributed by atoms with Crippen LogP contribution in [0.15, 0.2) is 30.3 Å². The molecule has 1 aromatic heterocycles. The van der Waals surface area contributed by atoms with E-state index in [-0.39, 0.29) is 12.3 Å². The number of carbonyl (C=O) groups excluding carboxylic acids is 1. The summed E-state index contributed by atoms with van der Waals surface area (Å²) in [5.74, 6) is -0.159. The Morgan fingerprint density at radius 3 is 2.71 bits per heavy atom. The lowest BCUT2D eigenvalue weighted by Crippen LogP contribution is -2.02. The third-order valence-corrected chi connectivity index (χ3v) is 2.34. The average Bonchev–Trinajstić information content (AvgIpc) is 2.74. The van der Waals surface area contributed by atoms with Crippen molar-refractivity contribution in [3.63, 3.8) is 0 Å². The fraction of sp³-hybridized carbons (Fsp3) is 0.167. The molecule has 0 aliphatic heterocycles. The first-order valence-corrected chi connectivity index (χ1v) is 5.11. The molecule has 2 rings (SSSR count). The lowest BCUT2D eigenvalue weighted by Gasteiger charge is -2.03. The predicted molar refractivity (Wildman–Crippen MR) is 61.1 cm³/mol. The highest BCUT2D eigenvalue weighted by molar-refractivity contribution is 5.97. The van der Waals surface area contributed by atoms with Gasteiger partial charge in [0, 0.05) is 12.5 Å². The number of ketones is 1. The fourth-order valence-corrected chi connectivity index (χ4v) is 1.61. The van der Waals surface area contributed by atoms with Crippen LogP contribution in [0.1, 0.15) is 17.4 Å². The molecule has 0 unspecified atom stereocenters. The largest absolute Gasteiger partial charge is 0.293 e. The van der Waals surface area contributed by atoms with Crippen LogP contribution in [0.3, 0.4) is 0 Å². The minimum absolute atomic E-state index is 0.0739. The quantitative estimate of drug-likeness (QED) is 0.746. The molecule has 1 aromatic carbocycles. The number of hydrogen-bond donors (Lipinski definition) is 0. The van der Waals surface area contributed by atoms with Gasteiger partial charge in [-0.1, -0.05) is 35.5 Å². The Kier molecular flexibility index (Phi) is 2.97. The Hall–Kier alpha value is -2.48. The summed E-state index contributed by atoms with van der Waals surface area (Å²) in [5, 5.41) is 16.4. The molecule has 0 atom stereocenters. The second kappa shape index (κ2) is 4.58. The molecule has 1 heterocycles. The van der Waals surface area contributed by atoms with Crippen molar-refractivity contribution >= 4 is 5.78 Å². The van der Waals surface area contributed by atoms with Crippen molar-refractivity contribution in [1.29, 1.82) is 5.26 Å². The summed E-state index contributed by atoms with van der Waals surface area (Å²) in [7, 11) is 0. The summed E-state index contributed by atoms with van der Waals surface area (Å²) in [6.07, 6.45) is 0. The number of rotatable bonds is 3. The molecule has 0 N–H and O–H groups in total. The minimum Gasteiger partial charge on any atom is -0.293 e. The monoisotopic (exact) mass is 226 g/mol. The Bertz CT molecular complexity index is 580. The summed E-state index contributed by atoms with van der Waals surface area (Å²) in [6, 6.07) is 11.3. The molecule has 0 bridgehead atoms. The predicted octanol–water partition coefficient (Wildman–Crippen LogP) is 1.67. The van der Waals surface area contributed by atoms with Crippen molar-refractivity contribution in [2.75, 3.05) is 0 Å². The Balaban J connectivity index is 2.61. The van der Waals surface area contributed by atoms with Crippen molar-refractivity contribution in [3.8, 4) is 17.3 Å². The van der Waals surface area contributed by atoms with Crippen molar-refractivity contribution in [2.45, 2.75) is 13.5 Å². The molecule has 0 saturated carbocycles. The van der Waals surface area contributed by atoms with Crippen molar-refractivity contribution < 1.29 is 4.79 Å². The van der Waals surface area contributed by atoms with Crippen molar-refractivity contribution in [3.05, 3.63) is 36.0 Å². The van der Waals surface area contributed by atoms with Gasteiger partial charge in [0.25, 0.3) is 0 Å². The molecular weight excluding hydrogens is 216 g/mol.